The van der Waals surface area contributed by atoms with Crippen LogP contribution in [0, 0.1) is 0 Å². The number of hydrogen-bond donors (Lipinski definition) is 2. The summed E-state index contributed by atoms with van der Waals surface area (Å²) in [6, 6.07) is 1.72. The molecule has 0 fully saturated rings. The molecule has 0 bridgehead atoms. The largest absolute Gasteiger partial charge is 0.384 e. The lowest BCUT2D eigenvalue weighted by Crippen LogP contribution is -2.21. The molecule has 0 saturated carbocycles. The first kappa shape index (κ1) is 10.7. The number of aryl methyl sites for hydroxylation is 1. The molecule has 0 aliphatic carbocycles. The van der Waals surface area contributed by atoms with Crippen molar-refractivity contribution in [3.8, 4) is 0 Å². The number of aromatic nitrogens is 2. The van der Waals surface area contributed by atoms with E-state index in [9.17, 15) is 0 Å². The molecule has 0 atom stereocenters. The van der Waals surface area contributed by atoms with E-state index in [1.165, 1.54) is 0 Å². The number of hydrogen-bond acceptors (Lipinski definition) is 5. The molecule has 14 heavy (non-hydrogen) atoms. The van der Waals surface area contributed by atoms with E-state index in [2.05, 4.69) is 22.3 Å². The van der Waals surface area contributed by atoms with Gasteiger partial charge in [-0.2, -0.15) is 0 Å². The Morgan fingerprint density at radius 2 is 2.14 bits per heavy atom. The Morgan fingerprint density at radius 1 is 1.43 bits per heavy atom. The summed E-state index contributed by atoms with van der Waals surface area (Å²) in [4.78, 5) is 8.46. The second kappa shape index (κ2) is 4.76. The van der Waals surface area contributed by atoms with Crippen LogP contribution in [0.15, 0.2) is 6.07 Å². The van der Waals surface area contributed by atoms with E-state index in [4.69, 9.17) is 5.73 Å². The van der Waals surface area contributed by atoms with Crippen LogP contribution in [0.3, 0.4) is 0 Å². The van der Waals surface area contributed by atoms with Crippen LogP contribution in [0.5, 0.6) is 0 Å². The van der Waals surface area contributed by atoms with Gasteiger partial charge in [-0.15, -0.1) is 0 Å². The number of nitrogen functional groups attached to an aromatic ring is 1. The second-order valence-electron chi connectivity index (χ2n) is 3.35. The molecule has 1 aromatic heterocycles. The maximum absolute atomic E-state index is 5.66. The molecular weight excluding hydrogens is 178 g/mol. The molecule has 3 N–H and O–H groups in total. The SMILES string of the molecule is CCCc1nc(N)cc(NN(C)C)n1. The monoisotopic (exact) mass is 195 g/mol. The van der Waals surface area contributed by atoms with Crippen molar-refractivity contribution in [1.29, 1.82) is 0 Å². The van der Waals surface area contributed by atoms with Crippen LogP contribution < -0.4 is 11.2 Å². The lowest BCUT2D eigenvalue weighted by molar-refractivity contribution is 0.491. The third-order valence-corrected chi connectivity index (χ3v) is 1.60. The third-order valence-electron chi connectivity index (χ3n) is 1.60. The Labute approximate surface area is 84.3 Å². The van der Waals surface area contributed by atoms with Gasteiger partial charge in [-0.05, 0) is 6.42 Å². The van der Waals surface area contributed by atoms with E-state index in [0.717, 1.165) is 24.5 Å². The Morgan fingerprint density at radius 3 is 2.71 bits per heavy atom. The van der Waals surface area contributed by atoms with E-state index < -0.39 is 0 Å². The molecule has 0 unspecified atom stereocenters. The van der Waals surface area contributed by atoms with E-state index in [1.807, 2.05) is 19.1 Å². The molecular formula is C9H17N5. The average molecular weight is 195 g/mol. The highest BCUT2D eigenvalue weighted by atomic mass is 15.5. The standard InChI is InChI=1S/C9H17N5/c1-4-5-8-11-7(10)6-9(12-8)13-14(2)3/h6H,4-5H2,1-3H3,(H3,10,11,12,13). The maximum atomic E-state index is 5.66. The van der Waals surface area contributed by atoms with Gasteiger partial charge in [0.05, 0.1) is 0 Å². The van der Waals surface area contributed by atoms with Crippen LogP contribution in [0.25, 0.3) is 0 Å². The summed E-state index contributed by atoms with van der Waals surface area (Å²) in [5.41, 5.74) is 8.70. The second-order valence-corrected chi connectivity index (χ2v) is 3.35. The van der Waals surface area contributed by atoms with Gasteiger partial charge in [0.15, 0.2) is 0 Å². The fourth-order valence-corrected chi connectivity index (χ4v) is 1.14. The van der Waals surface area contributed by atoms with Gasteiger partial charge < -0.3 is 11.2 Å². The van der Waals surface area contributed by atoms with Crippen LogP contribution in [0.1, 0.15) is 19.2 Å². The average Bonchev–Trinajstić information content (AvgIpc) is 2.01. The van der Waals surface area contributed by atoms with Crippen molar-refractivity contribution >= 4 is 11.6 Å². The van der Waals surface area contributed by atoms with E-state index >= 15 is 0 Å². The summed E-state index contributed by atoms with van der Waals surface area (Å²) in [7, 11) is 3.80. The molecule has 1 aromatic rings. The molecule has 0 amide bonds. The number of nitrogens with one attached hydrogen (secondary N) is 1. The first-order chi connectivity index (χ1) is 6.61. The summed E-state index contributed by atoms with van der Waals surface area (Å²) < 4.78 is 0. The molecule has 0 spiro atoms. The molecule has 1 heterocycles. The molecule has 0 radical (unpaired) electrons. The normalized spacial score (nSPS) is 10.6. The fourth-order valence-electron chi connectivity index (χ4n) is 1.14. The maximum Gasteiger partial charge on any atom is 0.146 e. The van der Waals surface area contributed by atoms with Crippen molar-refractivity contribution in [2.24, 2.45) is 0 Å². The van der Waals surface area contributed by atoms with Gasteiger partial charge in [0.25, 0.3) is 0 Å². The number of anilines is 2. The number of hydrazine groups is 1. The summed E-state index contributed by atoms with van der Waals surface area (Å²) in [6.07, 6.45) is 1.87. The molecule has 78 valence electrons. The minimum Gasteiger partial charge on any atom is -0.384 e. The minimum atomic E-state index is 0.507. The molecule has 5 nitrogen and oxygen atoms in total. The smallest absolute Gasteiger partial charge is 0.146 e. The van der Waals surface area contributed by atoms with Crippen molar-refractivity contribution in [3.63, 3.8) is 0 Å². The molecule has 0 aliphatic rings. The van der Waals surface area contributed by atoms with Gasteiger partial charge in [-0.25, -0.2) is 15.0 Å². The third kappa shape index (κ3) is 3.18. The summed E-state index contributed by atoms with van der Waals surface area (Å²) in [5, 5.41) is 1.82. The highest BCUT2D eigenvalue weighted by Gasteiger charge is 2.01. The summed E-state index contributed by atoms with van der Waals surface area (Å²) >= 11 is 0. The van der Waals surface area contributed by atoms with Crippen molar-refractivity contribution in [2.45, 2.75) is 19.8 Å². The highest BCUT2D eigenvalue weighted by molar-refractivity contribution is 5.43. The van der Waals surface area contributed by atoms with Crippen molar-refractivity contribution in [3.05, 3.63) is 11.9 Å². The summed E-state index contributed by atoms with van der Waals surface area (Å²) in [5.74, 6) is 2.04. The van der Waals surface area contributed by atoms with E-state index in [0.29, 0.717) is 5.82 Å². The topological polar surface area (TPSA) is 67.1 Å². The van der Waals surface area contributed by atoms with Gasteiger partial charge in [0, 0.05) is 26.6 Å². The molecule has 5 heteroatoms. The molecule has 0 saturated heterocycles. The van der Waals surface area contributed by atoms with Crippen LogP contribution in [0.2, 0.25) is 0 Å². The van der Waals surface area contributed by atoms with Crippen LogP contribution in [-0.4, -0.2) is 29.1 Å². The molecule has 0 aliphatic heterocycles. The van der Waals surface area contributed by atoms with Gasteiger partial charge in [-0.3, -0.25) is 0 Å². The quantitative estimate of drug-likeness (QED) is 0.699. The van der Waals surface area contributed by atoms with Crippen LogP contribution in [-0.2, 0) is 6.42 Å². The Bertz CT molecular complexity index is 297. The zero-order valence-electron chi connectivity index (χ0n) is 8.91. The van der Waals surface area contributed by atoms with E-state index in [1.54, 1.807) is 6.07 Å². The van der Waals surface area contributed by atoms with Gasteiger partial charge >= 0.3 is 0 Å². The number of nitrogens with zero attached hydrogens (tertiary/aromatic N) is 3. The first-order valence-electron chi connectivity index (χ1n) is 4.69. The fraction of sp³-hybridized carbons (Fsp3) is 0.556. The predicted octanol–water partition coefficient (Wildman–Crippen LogP) is 0.900. The summed E-state index contributed by atoms with van der Waals surface area (Å²) in [6.45, 7) is 2.09. The minimum absolute atomic E-state index is 0.507. The number of nitrogens with two attached hydrogens (primary N) is 1. The van der Waals surface area contributed by atoms with Gasteiger partial charge in [0.1, 0.15) is 17.5 Å². The molecule has 1 rings (SSSR count). The zero-order chi connectivity index (χ0) is 10.6. The lowest BCUT2D eigenvalue weighted by Gasteiger charge is -2.13. The van der Waals surface area contributed by atoms with Crippen molar-refractivity contribution in [1.82, 2.24) is 15.0 Å². The Kier molecular flexibility index (Phi) is 3.64. The van der Waals surface area contributed by atoms with Gasteiger partial charge in [0.2, 0.25) is 0 Å². The Balaban J connectivity index is 2.83. The van der Waals surface area contributed by atoms with Gasteiger partial charge in [-0.1, -0.05) is 6.92 Å². The Hall–Kier alpha value is -1.36. The van der Waals surface area contributed by atoms with E-state index in [-0.39, 0.29) is 0 Å². The first-order valence-corrected chi connectivity index (χ1v) is 4.69. The van der Waals surface area contributed by atoms with Crippen molar-refractivity contribution in [2.75, 3.05) is 25.3 Å². The predicted molar refractivity (Wildman–Crippen MR) is 57.7 cm³/mol. The zero-order valence-corrected chi connectivity index (χ0v) is 8.91. The van der Waals surface area contributed by atoms with Crippen LogP contribution >= 0.6 is 0 Å². The lowest BCUT2D eigenvalue weighted by atomic mass is 10.3. The van der Waals surface area contributed by atoms with Crippen molar-refractivity contribution < 1.29 is 0 Å². The van der Waals surface area contributed by atoms with Crippen LogP contribution in [0.4, 0.5) is 11.6 Å². The number of rotatable bonds is 4. The molecule has 0 aromatic carbocycles. The highest BCUT2D eigenvalue weighted by Crippen LogP contribution is 2.09.